The highest BCUT2D eigenvalue weighted by atomic mass is 127. The minimum atomic E-state index is 0.604. The van der Waals surface area contributed by atoms with Crippen molar-refractivity contribution in [3.05, 3.63) is 31.8 Å². The zero-order chi connectivity index (χ0) is 8.97. The third kappa shape index (κ3) is 2.55. The van der Waals surface area contributed by atoms with Gasteiger partial charge in [-0.25, -0.2) is 0 Å². The van der Waals surface area contributed by atoms with Crippen molar-refractivity contribution in [3.8, 4) is 0 Å². The van der Waals surface area contributed by atoms with Crippen molar-refractivity contribution in [1.29, 1.82) is 0 Å². The number of carbonyl (C=O) groups is 1. The molecule has 0 aromatic heterocycles. The fourth-order valence-electron chi connectivity index (χ4n) is 0.956. The minimum absolute atomic E-state index is 0.604. The lowest BCUT2D eigenvalue weighted by Crippen LogP contribution is -1.90. The van der Waals surface area contributed by atoms with Gasteiger partial charge in [0.05, 0.1) is 0 Å². The fraction of sp³-hybridized carbons (Fsp3) is 0.222. The molecule has 0 spiro atoms. The third-order valence-corrected chi connectivity index (χ3v) is 4.24. The summed E-state index contributed by atoms with van der Waals surface area (Å²) in [7, 11) is 0. The van der Waals surface area contributed by atoms with Crippen LogP contribution in [-0.4, -0.2) is 6.29 Å². The highest BCUT2D eigenvalue weighted by Crippen LogP contribution is 2.23. The summed E-state index contributed by atoms with van der Waals surface area (Å²) in [5, 5.41) is 0. The van der Waals surface area contributed by atoms with Gasteiger partial charge in [0.2, 0.25) is 0 Å². The normalized spacial score (nSPS) is 9.83. The van der Waals surface area contributed by atoms with Crippen LogP contribution in [0.2, 0.25) is 0 Å². The first kappa shape index (κ1) is 10.2. The molecule has 0 aliphatic rings. The number of aryl methyl sites for hydroxylation is 1. The monoisotopic (exact) mass is 338 g/mol. The van der Waals surface area contributed by atoms with E-state index in [-0.39, 0.29) is 0 Å². The fourth-order valence-corrected chi connectivity index (χ4v) is 1.99. The van der Waals surface area contributed by atoms with Crippen LogP contribution in [0.5, 0.6) is 0 Å². The van der Waals surface area contributed by atoms with E-state index in [4.69, 9.17) is 0 Å². The van der Waals surface area contributed by atoms with E-state index in [0.717, 1.165) is 17.2 Å². The Labute approximate surface area is 93.8 Å². The standard InChI is InChI=1S/C9H8BrIO/c10-8-5-1-3-7(9(8)11)4-2-6-12/h1,3,5-6H,2,4H2. The molecule has 1 aromatic rings. The second-order valence-electron chi connectivity index (χ2n) is 2.42. The van der Waals surface area contributed by atoms with E-state index in [1.807, 2.05) is 12.1 Å². The molecule has 1 aromatic carbocycles. The number of benzene rings is 1. The summed E-state index contributed by atoms with van der Waals surface area (Å²) < 4.78 is 2.31. The summed E-state index contributed by atoms with van der Waals surface area (Å²) in [5.41, 5.74) is 1.23. The van der Waals surface area contributed by atoms with E-state index in [2.05, 4.69) is 44.6 Å². The van der Waals surface area contributed by atoms with Crippen molar-refractivity contribution < 1.29 is 4.79 Å². The second-order valence-corrected chi connectivity index (χ2v) is 4.35. The smallest absolute Gasteiger partial charge is 0.120 e. The number of aldehydes is 1. The maximum absolute atomic E-state index is 10.2. The number of carbonyl (C=O) groups excluding carboxylic acids is 1. The van der Waals surface area contributed by atoms with Crippen molar-refractivity contribution in [3.63, 3.8) is 0 Å². The lowest BCUT2D eigenvalue weighted by atomic mass is 10.1. The van der Waals surface area contributed by atoms with E-state index in [9.17, 15) is 4.79 Å². The van der Waals surface area contributed by atoms with E-state index in [1.165, 1.54) is 9.13 Å². The Balaban J connectivity index is 2.84. The quantitative estimate of drug-likeness (QED) is 0.611. The largest absolute Gasteiger partial charge is 0.303 e. The number of halogens is 2. The van der Waals surface area contributed by atoms with Crippen LogP contribution in [0.1, 0.15) is 12.0 Å². The molecule has 0 amide bonds. The van der Waals surface area contributed by atoms with Crippen LogP contribution in [-0.2, 0) is 11.2 Å². The van der Waals surface area contributed by atoms with Gasteiger partial charge in [-0.3, -0.25) is 0 Å². The highest BCUT2D eigenvalue weighted by molar-refractivity contribution is 14.1. The molecule has 0 N–H and O–H groups in total. The van der Waals surface area contributed by atoms with Crippen molar-refractivity contribution in [1.82, 2.24) is 0 Å². The topological polar surface area (TPSA) is 17.1 Å². The zero-order valence-corrected chi connectivity index (χ0v) is 10.1. The lowest BCUT2D eigenvalue weighted by Gasteiger charge is -2.02. The Bertz CT molecular complexity index is 286. The first-order valence-corrected chi connectivity index (χ1v) is 5.49. The second kappa shape index (κ2) is 4.97. The Morgan fingerprint density at radius 1 is 1.50 bits per heavy atom. The Morgan fingerprint density at radius 3 is 2.92 bits per heavy atom. The number of rotatable bonds is 3. The molecule has 64 valence electrons. The zero-order valence-electron chi connectivity index (χ0n) is 6.39. The molecule has 0 bridgehead atoms. The van der Waals surface area contributed by atoms with Gasteiger partial charge in [-0.1, -0.05) is 12.1 Å². The number of hydrogen-bond donors (Lipinski definition) is 0. The molecule has 0 saturated carbocycles. The molecule has 0 unspecified atom stereocenters. The Kier molecular flexibility index (Phi) is 4.21. The van der Waals surface area contributed by atoms with E-state index >= 15 is 0 Å². The first-order chi connectivity index (χ1) is 5.75. The molecule has 1 nitrogen and oxygen atoms in total. The van der Waals surface area contributed by atoms with Crippen LogP contribution in [0.15, 0.2) is 22.7 Å². The van der Waals surface area contributed by atoms with Crippen LogP contribution in [0, 0.1) is 3.57 Å². The van der Waals surface area contributed by atoms with Crippen molar-refractivity contribution in [2.24, 2.45) is 0 Å². The van der Waals surface area contributed by atoms with E-state index < -0.39 is 0 Å². The third-order valence-electron chi connectivity index (χ3n) is 1.56. The molecule has 0 radical (unpaired) electrons. The van der Waals surface area contributed by atoms with Gasteiger partial charge in [-0.05, 0) is 56.6 Å². The van der Waals surface area contributed by atoms with E-state index in [0.29, 0.717) is 6.42 Å². The van der Waals surface area contributed by atoms with Crippen LogP contribution in [0.25, 0.3) is 0 Å². The summed E-state index contributed by atoms with van der Waals surface area (Å²) in [4.78, 5) is 10.2. The Morgan fingerprint density at radius 2 is 2.25 bits per heavy atom. The van der Waals surface area contributed by atoms with Crippen molar-refractivity contribution in [2.75, 3.05) is 0 Å². The first-order valence-electron chi connectivity index (χ1n) is 3.62. The van der Waals surface area contributed by atoms with Gasteiger partial charge in [0.15, 0.2) is 0 Å². The average Bonchev–Trinajstić information content (AvgIpc) is 2.08. The van der Waals surface area contributed by atoms with E-state index in [1.54, 1.807) is 0 Å². The summed E-state index contributed by atoms with van der Waals surface area (Å²) in [6.45, 7) is 0. The number of hydrogen-bond acceptors (Lipinski definition) is 1. The molecule has 1 rings (SSSR count). The van der Waals surface area contributed by atoms with Gasteiger partial charge in [0.25, 0.3) is 0 Å². The van der Waals surface area contributed by atoms with Crippen molar-refractivity contribution >= 4 is 44.8 Å². The molecular weight excluding hydrogens is 331 g/mol. The maximum atomic E-state index is 10.2. The average molecular weight is 339 g/mol. The van der Waals surface area contributed by atoms with Crippen LogP contribution >= 0.6 is 38.5 Å². The summed E-state index contributed by atoms with van der Waals surface area (Å²) in [6.07, 6.45) is 2.39. The predicted molar refractivity (Wildman–Crippen MR) is 61.2 cm³/mol. The maximum Gasteiger partial charge on any atom is 0.120 e. The van der Waals surface area contributed by atoms with Crippen LogP contribution in [0.3, 0.4) is 0 Å². The molecule has 0 aliphatic heterocycles. The molecular formula is C9H8BrIO. The van der Waals surface area contributed by atoms with Gasteiger partial charge in [-0.2, -0.15) is 0 Å². The summed E-state index contributed by atoms with van der Waals surface area (Å²) in [6, 6.07) is 6.05. The molecule has 0 atom stereocenters. The molecule has 0 heterocycles. The molecule has 12 heavy (non-hydrogen) atoms. The predicted octanol–water partition coefficient (Wildman–Crippen LogP) is 3.19. The van der Waals surface area contributed by atoms with Gasteiger partial charge in [0, 0.05) is 14.5 Å². The highest BCUT2D eigenvalue weighted by Gasteiger charge is 2.01. The summed E-state index contributed by atoms with van der Waals surface area (Å²) >= 11 is 5.72. The molecule has 0 saturated heterocycles. The summed E-state index contributed by atoms with van der Waals surface area (Å²) in [5.74, 6) is 0. The Hall–Kier alpha value is 0.1000. The molecule has 3 heteroatoms. The minimum Gasteiger partial charge on any atom is -0.303 e. The molecule has 0 fully saturated rings. The molecule has 0 aliphatic carbocycles. The van der Waals surface area contributed by atoms with Gasteiger partial charge >= 0.3 is 0 Å². The lowest BCUT2D eigenvalue weighted by molar-refractivity contribution is -0.107. The van der Waals surface area contributed by atoms with Crippen LogP contribution < -0.4 is 0 Å². The van der Waals surface area contributed by atoms with Gasteiger partial charge < -0.3 is 4.79 Å². The van der Waals surface area contributed by atoms with Gasteiger partial charge in [-0.15, -0.1) is 0 Å². The SMILES string of the molecule is O=CCCc1cccc(Br)c1I. The van der Waals surface area contributed by atoms with Crippen molar-refractivity contribution in [2.45, 2.75) is 12.8 Å². The van der Waals surface area contributed by atoms with Gasteiger partial charge in [0.1, 0.15) is 6.29 Å². The van der Waals surface area contributed by atoms with Crippen LogP contribution in [0.4, 0.5) is 0 Å².